The highest BCUT2D eigenvalue weighted by Crippen LogP contribution is 2.02. The van der Waals surface area contributed by atoms with Gasteiger partial charge in [-0.3, -0.25) is 0 Å². The lowest BCUT2D eigenvalue weighted by Crippen LogP contribution is -2.15. The van der Waals surface area contributed by atoms with E-state index in [1.54, 1.807) is 7.11 Å². The van der Waals surface area contributed by atoms with Crippen LogP contribution in [0.3, 0.4) is 0 Å². The minimum absolute atomic E-state index is 0. The van der Waals surface area contributed by atoms with Crippen molar-refractivity contribution in [3.8, 4) is 0 Å². The Morgan fingerprint density at radius 3 is 1.27 bits per heavy atom. The number of carbonyl (C=O) groups is 1. The molecular formula is C8H20O3. The van der Waals surface area contributed by atoms with Crippen molar-refractivity contribution in [1.29, 1.82) is 0 Å². The predicted molar refractivity (Wildman–Crippen MR) is 46.7 cm³/mol. The van der Waals surface area contributed by atoms with Gasteiger partial charge in [0.2, 0.25) is 0 Å². The molecule has 70 valence electrons. The van der Waals surface area contributed by atoms with Crippen molar-refractivity contribution in [2.24, 2.45) is 0 Å². The summed E-state index contributed by atoms with van der Waals surface area (Å²) in [5.41, 5.74) is 0.0417. The SMILES string of the molecule is CC(C)=O.COC(C)(C)C.O. The topological polar surface area (TPSA) is 57.8 Å². The van der Waals surface area contributed by atoms with Crippen molar-refractivity contribution in [2.75, 3.05) is 7.11 Å². The van der Waals surface area contributed by atoms with E-state index in [1.807, 2.05) is 20.8 Å². The normalized spacial score (nSPS) is 8.91. The zero-order valence-electron chi connectivity index (χ0n) is 8.32. The van der Waals surface area contributed by atoms with E-state index in [-0.39, 0.29) is 16.9 Å². The van der Waals surface area contributed by atoms with Crippen LogP contribution < -0.4 is 0 Å². The van der Waals surface area contributed by atoms with Crippen LogP contribution in [0.1, 0.15) is 34.6 Å². The Hall–Kier alpha value is -0.410. The Balaban J connectivity index is -0.000000114. The second-order valence-electron chi connectivity index (χ2n) is 3.22. The summed E-state index contributed by atoms with van der Waals surface area (Å²) in [6.07, 6.45) is 0. The lowest BCUT2D eigenvalue weighted by Gasteiger charge is -2.14. The van der Waals surface area contributed by atoms with E-state index >= 15 is 0 Å². The van der Waals surface area contributed by atoms with Crippen LogP contribution in [0, 0.1) is 0 Å². The lowest BCUT2D eigenvalue weighted by atomic mass is 10.2. The molecule has 2 N–H and O–H groups in total. The van der Waals surface area contributed by atoms with Crippen LogP contribution in [0.2, 0.25) is 0 Å². The molecule has 0 unspecified atom stereocenters. The monoisotopic (exact) mass is 164 g/mol. The maximum Gasteiger partial charge on any atom is 0.126 e. The van der Waals surface area contributed by atoms with Crippen molar-refractivity contribution in [1.82, 2.24) is 0 Å². The summed E-state index contributed by atoms with van der Waals surface area (Å²) >= 11 is 0. The number of methoxy groups -OCH3 is 1. The fourth-order valence-electron chi connectivity index (χ4n) is 0. The second kappa shape index (κ2) is 7.69. The molecule has 0 aliphatic rings. The molecule has 0 aromatic rings. The van der Waals surface area contributed by atoms with Crippen LogP contribution >= 0.6 is 0 Å². The van der Waals surface area contributed by atoms with E-state index in [0.717, 1.165) is 0 Å². The highest BCUT2D eigenvalue weighted by atomic mass is 16.5. The van der Waals surface area contributed by atoms with E-state index in [2.05, 4.69) is 0 Å². The van der Waals surface area contributed by atoms with Gasteiger partial charge in [0.25, 0.3) is 0 Å². The van der Waals surface area contributed by atoms with Crippen LogP contribution in [0.4, 0.5) is 0 Å². The number of ether oxygens (including phenoxy) is 1. The van der Waals surface area contributed by atoms with Crippen LogP contribution in [-0.4, -0.2) is 24.0 Å². The molecule has 3 heteroatoms. The van der Waals surface area contributed by atoms with Crippen molar-refractivity contribution < 1.29 is 15.0 Å². The number of carbonyl (C=O) groups excluding carboxylic acids is 1. The fourth-order valence-corrected chi connectivity index (χ4v) is 0. The Morgan fingerprint density at radius 1 is 1.18 bits per heavy atom. The maximum atomic E-state index is 9.44. The molecule has 0 aromatic heterocycles. The third-order valence-corrected chi connectivity index (χ3v) is 0.612. The van der Waals surface area contributed by atoms with Crippen molar-refractivity contribution >= 4 is 5.78 Å². The molecule has 0 aliphatic heterocycles. The van der Waals surface area contributed by atoms with Gasteiger partial charge in [-0.05, 0) is 34.6 Å². The van der Waals surface area contributed by atoms with E-state index in [1.165, 1.54) is 13.8 Å². The van der Waals surface area contributed by atoms with Crippen LogP contribution in [0.25, 0.3) is 0 Å². The third kappa shape index (κ3) is 82.4. The lowest BCUT2D eigenvalue weighted by molar-refractivity contribution is -0.114. The molecule has 0 aromatic carbocycles. The molecule has 0 saturated carbocycles. The van der Waals surface area contributed by atoms with Gasteiger partial charge in [0.15, 0.2) is 0 Å². The Kier molecular flexibility index (Phi) is 11.8. The third-order valence-electron chi connectivity index (χ3n) is 0.612. The first-order valence-corrected chi connectivity index (χ1v) is 3.32. The molecule has 0 aliphatic carbocycles. The summed E-state index contributed by atoms with van der Waals surface area (Å²) in [7, 11) is 1.71. The minimum atomic E-state index is 0. The Labute approximate surface area is 69.1 Å². The highest BCUT2D eigenvalue weighted by Gasteiger charge is 2.03. The first-order chi connectivity index (χ1) is 4.29. The second-order valence-corrected chi connectivity index (χ2v) is 3.22. The van der Waals surface area contributed by atoms with Gasteiger partial charge in [0.05, 0.1) is 5.60 Å². The molecule has 0 amide bonds. The zero-order valence-corrected chi connectivity index (χ0v) is 8.32. The summed E-state index contributed by atoms with van der Waals surface area (Å²) < 4.78 is 4.94. The Morgan fingerprint density at radius 2 is 1.27 bits per heavy atom. The van der Waals surface area contributed by atoms with Gasteiger partial charge in [0.1, 0.15) is 5.78 Å². The van der Waals surface area contributed by atoms with E-state index < -0.39 is 0 Å². The van der Waals surface area contributed by atoms with E-state index in [9.17, 15) is 4.79 Å². The zero-order chi connectivity index (χ0) is 8.78. The largest absolute Gasteiger partial charge is 0.412 e. The molecule has 0 atom stereocenters. The molecule has 11 heavy (non-hydrogen) atoms. The van der Waals surface area contributed by atoms with Crippen molar-refractivity contribution in [2.45, 2.75) is 40.2 Å². The molecule has 0 saturated heterocycles. The van der Waals surface area contributed by atoms with Gasteiger partial charge in [0, 0.05) is 7.11 Å². The van der Waals surface area contributed by atoms with Gasteiger partial charge in [-0.1, -0.05) is 0 Å². The molecule has 0 rings (SSSR count). The number of ketones is 1. The standard InChI is InChI=1S/C5H12O.C3H6O.H2O/c1-5(2,3)6-4;1-3(2)4;/h1-4H3;1-2H3;1H2. The van der Waals surface area contributed by atoms with Gasteiger partial charge < -0.3 is 15.0 Å². The number of Topliss-reactive ketones (excluding diaryl/α,β-unsaturated/α-hetero) is 1. The van der Waals surface area contributed by atoms with E-state index in [4.69, 9.17) is 4.74 Å². The summed E-state index contributed by atoms with van der Waals surface area (Å²) in [6.45, 7) is 9.12. The highest BCUT2D eigenvalue weighted by molar-refractivity contribution is 5.72. The first kappa shape index (κ1) is 16.9. The summed E-state index contributed by atoms with van der Waals surface area (Å²) in [6, 6.07) is 0. The van der Waals surface area contributed by atoms with Gasteiger partial charge in [-0.15, -0.1) is 0 Å². The molecule has 0 bridgehead atoms. The first-order valence-electron chi connectivity index (χ1n) is 3.32. The number of rotatable bonds is 0. The van der Waals surface area contributed by atoms with Crippen LogP contribution in [0.5, 0.6) is 0 Å². The Bertz CT molecular complexity index is 88.0. The average molecular weight is 164 g/mol. The summed E-state index contributed by atoms with van der Waals surface area (Å²) in [4.78, 5) is 9.44. The average Bonchev–Trinajstić information content (AvgIpc) is 1.63. The molecule has 3 nitrogen and oxygen atoms in total. The predicted octanol–water partition coefficient (Wildman–Crippen LogP) is 1.20. The molecule has 0 radical (unpaired) electrons. The fraction of sp³-hybridized carbons (Fsp3) is 0.875. The van der Waals surface area contributed by atoms with Gasteiger partial charge in [-0.2, -0.15) is 0 Å². The smallest absolute Gasteiger partial charge is 0.126 e. The summed E-state index contributed by atoms with van der Waals surface area (Å²) in [5, 5.41) is 0. The van der Waals surface area contributed by atoms with E-state index in [0.29, 0.717) is 0 Å². The van der Waals surface area contributed by atoms with Crippen LogP contribution in [0.15, 0.2) is 0 Å². The quantitative estimate of drug-likeness (QED) is 0.540. The van der Waals surface area contributed by atoms with Gasteiger partial charge >= 0.3 is 0 Å². The van der Waals surface area contributed by atoms with Crippen molar-refractivity contribution in [3.05, 3.63) is 0 Å². The van der Waals surface area contributed by atoms with Crippen LogP contribution in [-0.2, 0) is 9.53 Å². The maximum absolute atomic E-state index is 9.44. The van der Waals surface area contributed by atoms with Crippen molar-refractivity contribution in [3.63, 3.8) is 0 Å². The molecule has 0 fully saturated rings. The summed E-state index contributed by atoms with van der Waals surface area (Å²) in [5.74, 6) is 0.167. The number of hydrogen-bond acceptors (Lipinski definition) is 2. The minimum Gasteiger partial charge on any atom is -0.412 e. The molecular weight excluding hydrogens is 144 g/mol. The molecule has 0 spiro atoms. The van der Waals surface area contributed by atoms with Gasteiger partial charge in [-0.25, -0.2) is 0 Å². The number of hydrogen-bond donors (Lipinski definition) is 0. The molecule has 0 heterocycles.